The van der Waals surface area contributed by atoms with Crippen molar-refractivity contribution in [3.8, 4) is 0 Å². The third-order valence-corrected chi connectivity index (χ3v) is 5.13. The molecule has 0 aliphatic heterocycles. The van der Waals surface area contributed by atoms with E-state index >= 15 is 0 Å². The third kappa shape index (κ3) is 3.45. The molecular formula is C15H28O2. The average Bonchev–Trinajstić information content (AvgIpc) is 2.29. The first-order valence-electron chi connectivity index (χ1n) is 7.42. The number of aliphatic hydroxyl groups is 2. The Labute approximate surface area is 105 Å². The molecule has 2 aliphatic carbocycles. The Morgan fingerprint density at radius 1 is 0.765 bits per heavy atom. The van der Waals surface area contributed by atoms with Gasteiger partial charge < -0.3 is 10.2 Å². The van der Waals surface area contributed by atoms with Crippen molar-refractivity contribution in [2.24, 2.45) is 23.7 Å². The Kier molecular flexibility index (Phi) is 4.48. The van der Waals surface area contributed by atoms with E-state index in [1.165, 1.54) is 32.1 Å². The minimum atomic E-state index is -0.0571. The SMILES string of the molecule is CC1CC(CC2CCC(O)C(C)C2)CCC1O. The van der Waals surface area contributed by atoms with E-state index in [9.17, 15) is 10.2 Å². The van der Waals surface area contributed by atoms with Crippen molar-refractivity contribution < 1.29 is 10.2 Å². The summed E-state index contributed by atoms with van der Waals surface area (Å²) in [6, 6.07) is 0. The molecule has 6 unspecified atom stereocenters. The highest BCUT2D eigenvalue weighted by atomic mass is 16.3. The van der Waals surface area contributed by atoms with Crippen LogP contribution in [0.1, 0.15) is 58.8 Å². The van der Waals surface area contributed by atoms with Crippen LogP contribution in [0.25, 0.3) is 0 Å². The van der Waals surface area contributed by atoms with Gasteiger partial charge in [0.05, 0.1) is 12.2 Å². The molecule has 0 radical (unpaired) electrons. The van der Waals surface area contributed by atoms with Gasteiger partial charge in [0.25, 0.3) is 0 Å². The maximum atomic E-state index is 9.75. The summed E-state index contributed by atoms with van der Waals surface area (Å²) in [7, 11) is 0. The second-order valence-corrected chi connectivity index (χ2v) is 6.68. The van der Waals surface area contributed by atoms with Crippen molar-refractivity contribution in [3.05, 3.63) is 0 Å². The van der Waals surface area contributed by atoms with Gasteiger partial charge in [-0.3, -0.25) is 0 Å². The second kappa shape index (κ2) is 5.71. The van der Waals surface area contributed by atoms with Gasteiger partial charge in [0.2, 0.25) is 0 Å². The molecule has 0 saturated heterocycles. The van der Waals surface area contributed by atoms with E-state index in [4.69, 9.17) is 0 Å². The molecule has 2 fully saturated rings. The van der Waals surface area contributed by atoms with Crippen molar-refractivity contribution >= 4 is 0 Å². The predicted molar refractivity (Wildman–Crippen MR) is 69.6 cm³/mol. The van der Waals surface area contributed by atoms with Crippen molar-refractivity contribution in [1.82, 2.24) is 0 Å². The minimum Gasteiger partial charge on any atom is -0.393 e. The van der Waals surface area contributed by atoms with Crippen LogP contribution in [0.3, 0.4) is 0 Å². The largest absolute Gasteiger partial charge is 0.393 e. The monoisotopic (exact) mass is 240 g/mol. The first-order valence-corrected chi connectivity index (χ1v) is 7.42. The van der Waals surface area contributed by atoms with Crippen LogP contribution in [0.5, 0.6) is 0 Å². The zero-order valence-corrected chi connectivity index (χ0v) is 11.3. The minimum absolute atomic E-state index is 0.0571. The van der Waals surface area contributed by atoms with Crippen LogP contribution >= 0.6 is 0 Å². The van der Waals surface area contributed by atoms with E-state index in [0.29, 0.717) is 11.8 Å². The van der Waals surface area contributed by atoms with Gasteiger partial charge in [-0.1, -0.05) is 13.8 Å². The molecule has 0 aromatic carbocycles. The first kappa shape index (κ1) is 13.4. The Morgan fingerprint density at radius 3 is 1.53 bits per heavy atom. The van der Waals surface area contributed by atoms with E-state index in [2.05, 4.69) is 13.8 Å². The maximum Gasteiger partial charge on any atom is 0.0566 e. The molecule has 2 rings (SSSR count). The summed E-state index contributed by atoms with van der Waals surface area (Å²) >= 11 is 0. The standard InChI is InChI=1S/C15H28O2/c1-10-7-12(3-5-14(10)16)9-13-4-6-15(17)11(2)8-13/h10-17H,3-9H2,1-2H3. The van der Waals surface area contributed by atoms with Crippen molar-refractivity contribution in [3.63, 3.8) is 0 Å². The molecule has 2 heteroatoms. The molecule has 2 saturated carbocycles. The van der Waals surface area contributed by atoms with E-state index in [-0.39, 0.29) is 12.2 Å². The molecule has 0 spiro atoms. The second-order valence-electron chi connectivity index (χ2n) is 6.68. The third-order valence-electron chi connectivity index (χ3n) is 5.13. The van der Waals surface area contributed by atoms with Crippen LogP contribution in [0.2, 0.25) is 0 Å². The highest BCUT2D eigenvalue weighted by Gasteiger charge is 2.31. The molecule has 0 heterocycles. The molecule has 2 N–H and O–H groups in total. The van der Waals surface area contributed by atoms with Gasteiger partial charge in [-0.2, -0.15) is 0 Å². The summed E-state index contributed by atoms with van der Waals surface area (Å²) in [5.74, 6) is 2.61. The lowest BCUT2D eigenvalue weighted by Gasteiger charge is -2.36. The fourth-order valence-electron chi connectivity index (χ4n) is 3.88. The lowest BCUT2D eigenvalue weighted by Crippen LogP contribution is -2.31. The Balaban J connectivity index is 1.78. The topological polar surface area (TPSA) is 40.5 Å². The van der Waals surface area contributed by atoms with Gasteiger partial charge in [0, 0.05) is 0 Å². The van der Waals surface area contributed by atoms with Gasteiger partial charge in [0.1, 0.15) is 0 Å². The molecule has 0 aromatic heterocycles. The number of rotatable bonds is 2. The van der Waals surface area contributed by atoms with Crippen molar-refractivity contribution in [1.29, 1.82) is 0 Å². The molecule has 2 nitrogen and oxygen atoms in total. The van der Waals surface area contributed by atoms with E-state index < -0.39 is 0 Å². The lowest BCUT2D eigenvalue weighted by atomic mass is 9.71. The molecule has 17 heavy (non-hydrogen) atoms. The van der Waals surface area contributed by atoms with Gasteiger partial charge >= 0.3 is 0 Å². The summed E-state index contributed by atoms with van der Waals surface area (Å²) < 4.78 is 0. The predicted octanol–water partition coefficient (Wildman–Crippen LogP) is 2.97. The smallest absolute Gasteiger partial charge is 0.0566 e. The van der Waals surface area contributed by atoms with E-state index in [1.54, 1.807) is 0 Å². The van der Waals surface area contributed by atoms with Gasteiger partial charge in [-0.25, -0.2) is 0 Å². The van der Waals surface area contributed by atoms with E-state index in [0.717, 1.165) is 24.7 Å². The Hall–Kier alpha value is -0.0800. The summed E-state index contributed by atoms with van der Waals surface area (Å²) in [5.41, 5.74) is 0. The number of aliphatic hydroxyl groups excluding tert-OH is 2. The zero-order valence-electron chi connectivity index (χ0n) is 11.3. The maximum absolute atomic E-state index is 9.75. The quantitative estimate of drug-likeness (QED) is 0.779. The first-order chi connectivity index (χ1) is 8.06. The molecule has 0 amide bonds. The van der Waals surface area contributed by atoms with E-state index in [1.807, 2.05) is 0 Å². The van der Waals surface area contributed by atoms with Crippen LogP contribution in [0.15, 0.2) is 0 Å². The average molecular weight is 240 g/mol. The summed E-state index contributed by atoms with van der Waals surface area (Å²) in [6.07, 6.45) is 8.03. The summed E-state index contributed by atoms with van der Waals surface area (Å²) in [4.78, 5) is 0. The number of hydrogen-bond acceptors (Lipinski definition) is 2. The Bertz CT molecular complexity index is 217. The molecular weight excluding hydrogens is 212 g/mol. The van der Waals surface area contributed by atoms with Crippen molar-refractivity contribution in [2.45, 2.75) is 71.0 Å². The van der Waals surface area contributed by atoms with Gasteiger partial charge in [-0.15, -0.1) is 0 Å². The highest BCUT2D eigenvalue weighted by Crippen LogP contribution is 2.38. The van der Waals surface area contributed by atoms with Crippen LogP contribution in [0, 0.1) is 23.7 Å². The van der Waals surface area contributed by atoms with Crippen LogP contribution in [0.4, 0.5) is 0 Å². The number of hydrogen-bond donors (Lipinski definition) is 2. The summed E-state index contributed by atoms with van der Waals surface area (Å²) in [5, 5.41) is 19.5. The molecule has 100 valence electrons. The molecule has 0 bridgehead atoms. The van der Waals surface area contributed by atoms with Gasteiger partial charge in [-0.05, 0) is 68.6 Å². The molecule has 2 aliphatic rings. The van der Waals surface area contributed by atoms with Crippen molar-refractivity contribution in [2.75, 3.05) is 0 Å². The Morgan fingerprint density at radius 2 is 1.18 bits per heavy atom. The molecule has 0 aromatic rings. The van der Waals surface area contributed by atoms with Crippen LogP contribution in [-0.4, -0.2) is 22.4 Å². The summed E-state index contributed by atoms with van der Waals surface area (Å²) in [6.45, 7) is 4.37. The van der Waals surface area contributed by atoms with Crippen LogP contribution in [-0.2, 0) is 0 Å². The van der Waals surface area contributed by atoms with Gasteiger partial charge in [0.15, 0.2) is 0 Å². The fourth-order valence-corrected chi connectivity index (χ4v) is 3.88. The molecule has 6 atom stereocenters. The van der Waals surface area contributed by atoms with Crippen LogP contribution < -0.4 is 0 Å². The zero-order chi connectivity index (χ0) is 12.4. The lowest BCUT2D eigenvalue weighted by molar-refractivity contribution is 0.0305. The highest BCUT2D eigenvalue weighted by molar-refractivity contribution is 4.82. The fraction of sp³-hybridized carbons (Fsp3) is 1.00. The normalized spacial score (nSPS) is 48.0.